The second kappa shape index (κ2) is 12.7. The number of nitro groups is 1. The fourth-order valence-corrected chi connectivity index (χ4v) is 9.49. The number of esters is 1. The Morgan fingerprint density at radius 1 is 0.940 bits per heavy atom. The summed E-state index contributed by atoms with van der Waals surface area (Å²) < 4.78 is 11.3. The van der Waals surface area contributed by atoms with Crippen molar-refractivity contribution in [1.29, 1.82) is 0 Å². The smallest absolute Gasteiger partial charge is 0.340 e. The van der Waals surface area contributed by atoms with Gasteiger partial charge in [0.2, 0.25) is 11.7 Å². The average Bonchev–Trinajstić information content (AvgIpc) is 3.67. The Morgan fingerprint density at radius 2 is 1.54 bits per heavy atom. The predicted octanol–water partition coefficient (Wildman–Crippen LogP) is 6.44. The molecule has 4 aromatic carbocycles. The highest BCUT2D eigenvalue weighted by Gasteiger charge is 2.79. The minimum Gasteiger partial charge on any atom is -0.423 e. The minimum absolute atomic E-state index is 0.0527. The molecule has 3 unspecified atom stereocenters. The zero-order valence-corrected chi connectivity index (χ0v) is 28.1. The molecule has 7 rings (SSSR count). The number of ether oxygens (including phenoxy) is 2. The van der Waals surface area contributed by atoms with E-state index in [0.29, 0.717) is 5.56 Å². The number of rotatable bonds is 10. The highest BCUT2D eigenvalue weighted by atomic mass is 32.2. The van der Waals surface area contributed by atoms with Crippen LogP contribution >= 0.6 is 11.8 Å². The van der Waals surface area contributed by atoms with Gasteiger partial charge >= 0.3 is 5.97 Å². The van der Waals surface area contributed by atoms with E-state index in [2.05, 4.69) is 0 Å². The van der Waals surface area contributed by atoms with Crippen molar-refractivity contribution in [3.63, 3.8) is 0 Å². The van der Waals surface area contributed by atoms with Gasteiger partial charge < -0.3 is 19.5 Å². The first kappa shape index (κ1) is 33.4. The summed E-state index contributed by atoms with van der Waals surface area (Å²) in [5.74, 6) is -4.38. The van der Waals surface area contributed by atoms with Gasteiger partial charge in [-0.3, -0.25) is 19.7 Å². The Bertz CT molecular complexity index is 1990. The number of allylic oxidation sites excluding steroid dienone is 1. The van der Waals surface area contributed by atoms with Gasteiger partial charge in [-0.25, -0.2) is 4.79 Å². The van der Waals surface area contributed by atoms with Crippen molar-refractivity contribution >= 4 is 35.1 Å². The fourth-order valence-electron chi connectivity index (χ4n) is 7.61. The van der Waals surface area contributed by atoms with Crippen LogP contribution < -0.4 is 4.74 Å². The van der Waals surface area contributed by atoms with E-state index in [1.807, 2.05) is 50.2 Å². The second-order valence-corrected chi connectivity index (χ2v) is 14.9. The maximum atomic E-state index is 15.0. The third kappa shape index (κ3) is 5.33. The zero-order chi connectivity index (χ0) is 35.3. The third-order valence-electron chi connectivity index (χ3n) is 9.85. The number of thioether (sulfide) groups is 1. The molecule has 0 aromatic heterocycles. The van der Waals surface area contributed by atoms with Gasteiger partial charge in [0.05, 0.1) is 22.5 Å². The molecule has 2 fully saturated rings. The van der Waals surface area contributed by atoms with Crippen LogP contribution in [0.3, 0.4) is 0 Å². The van der Waals surface area contributed by atoms with E-state index in [1.165, 1.54) is 36.0 Å². The van der Waals surface area contributed by atoms with E-state index < -0.39 is 55.9 Å². The molecule has 4 aromatic rings. The molecular formula is C39H34N2O8S. The van der Waals surface area contributed by atoms with Crippen molar-refractivity contribution in [2.45, 2.75) is 48.8 Å². The molecule has 1 amide bonds. The molecule has 10 nitrogen and oxygen atoms in total. The number of Topliss-reactive ketones (excluding diaryl/α,β-unsaturated/α-hetero) is 1. The van der Waals surface area contributed by atoms with Gasteiger partial charge in [0.15, 0.2) is 5.78 Å². The number of ketones is 1. The predicted molar refractivity (Wildman–Crippen MR) is 186 cm³/mol. The van der Waals surface area contributed by atoms with E-state index in [4.69, 9.17) is 9.47 Å². The zero-order valence-electron chi connectivity index (χ0n) is 27.3. The number of benzene rings is 4. The van der Waals surface area contributed by atoms with Crippen LogP contribution in [0.1, 0.15) is 41.8 Å². The molecule has 2 saturated heterocycles. The number of nitro benzene ring substituents is 1. The van der Waals surface area contributed by atoms with Crippen LogP contribution in [0.25, 0.3) is 0 Å². The van der Waals surface area contributed by atoms with E-state index in [9.17, 15) is 24.8 Å². The molecule has 0 bridgehead atoms. The maximum Gasteiger partial charge on any atom is 0.340 e. The Hall–Kier alpha value is -5.10. The van der Waals surface area contributed by atoms with Crippen LogP contribution in [-0.4, -0.2) is 48.8 Å². The lowest BCUT2D eigenvalue weighted by molar-refractivity contribution is -0.384. The summed E-state index contributed by atoms with van der Waals surface area (Å²) in [6.07, 6.45) is 1.68. The standard InChI is InChI=1S/C39H34N2O8S/c1-37(2)34(39(45,27-14-8-4-9-15-27)48-24-25-12-6-3-7-13-25)40-35(44)38(36(40)50-37)30(32(42)26-18-20-28(21-19-26)41(46)47)22-23-31(38)33(43)49-29-16-10-5-11-17-29/h3-21,23,30,34,36,45H,22,24H2,1-2H3/t30?,34-,36-,38?,39?/m1/s1. The normalized spacial score (nSPS) is 24.5. The first-order valence-corrected chi connectivity index (χ1v) is 17.1. The van der Waals surface area contributed by atoms with Gasteiger partial charge in [0.1, 0.15) is 17.2 Å². The summed E-state index contributed by atoms with van der Waals surface area (Å²) in [7, 11) is 0. The molecule has 1 spiro atoms. The van der Waals surface area contributed by atoms with Crippen molar-refractivity contribution in [1.82, 2.24) is 4.90 Å². The summed E-state index contributed by atoms with van der Waals surface area (Å²) in [6.45, 7) is 3.88. The van der Waals surface area contributed by atoms with Crippen LogP contribution in [0, 0.1) is 21.4 Å². The van der Waals surface area contributed by atoms with Gasteiger partial charge in [-0.15, -0.1) is 11.8 Å². The van der Waals surface area contributed by atoms with Gasteiger partial charge in [0.25, 0.3) is 5.69 Å². The van der Waals surface area contributed by atoms with E-state index >= 15 is 4.79 Å². The van der Waals surface area contributed by atoms with E-state index in [0.717, 1.165) is 5.56 Å². The third-order valence-corrected chi connectivity index (χ3v) is 11.5. The van der Waals surface area contributed by atoms with Crippen molar-refractivity contribution in [2.24, 2.45) is 11.3 Å². The average molecular weight is 691 g/mol. The number of hydrogen-bond acceptors (Lipinski definition) is 9. The van der Waals surface area contributed by atoms with Gasteiger partial charge in [-0.05, 0) is 50.1 Å². The molecule has 3 aliphatic rings. The largest absolute Gasteiger partial charge is 0.423 e. The number of aliphatic hydroxyl groups is 1. The summed E-state index contributed by atoms with van der Waals surface area (Å²) >= 11 is 1.39. The number of hydrogen-bond donors (Lipinski definition) is 1. The number of nitrogens with zero attached hydrogens (tertiary/aromatic N) is 2. The molecule has 2 heterocycles. The quantitative estimate of drug-likeness (QED) is 0.0379. The number of fused-ring (bicyclic) bond motifs is 2. The summed E-state index contributed by atoms with van der Waals surface area (Å²) in [4.78, 5) is 55.6. The van der Waals surface area contributed by atoms with Crippen LogP contribution in [-0.2, 0) is 26.7 Å². The first-order valence-electron chi connectivity index (χ1n) is 16.2. The molecule has 0 radical (unpaired) electrons. The molecule has 1 aliphatic carbocycles. The molecule has 11 heteroatoms. The molecule has 254 valence electrons. The summed E-state index contributed by atoms with van der Waals surface area (Å²) in [5.41, 5.74) is -0.267. The number of β-lactam (4-membered cyclic amide) rings is 1. The molecule has 5 atom stereocenters. The highest BCUT2D eigenvalue weighted by molar-refractivity contribution is 8.01. The number of carbonyl (C=O) groups is 3. The SMILES string of the molecule is CC1(C)S[C@H]2N(C(=O)C23C(C(=O)Oc2ccccc2)=CCC3C(=O)c2ccc([N+](=O)[O-])cc2)[C@H]1C(O)(OCc1ccccc1)c1ccccc1. The van der Waals surface area contributed by atoms with Crippen LogP contribution in [0.2, 0.25) is 0 Å². The lowest BCUT2D eigenvalue weighted by atomic mass is 9.63. The van der Waals surface area contributed by atoms with Gasteiger partial charge in [-0.1, -0.05) is 84.9 Å². The Balaban J connectivity index is 1.30. The second-order valence-electron chi connectivity index (χ2n) is 13.2. The summed E-state index contributed by atoms with van der Waals surface area (Å²) in [5, 5.41) is 23.2. The Kier molecular flexibility index (Phi) is 8.45. The minimum atomic E-state index is -1.98. The molecule has 50 heavy (non-hydrogen) atoms. The number of carbonyl (C=O) groups excluding carboxylic acids is 3. The Labute approximate surface area is 292 Å². The van der Waals surface area contributed by atoms with Crippen LogP contribution in [0.4, 0.5) is 5.69 Å². The maximum absolute atomic E-state index is 15.0. The molecule has 2 aliphatic heterocycles. The summed E-state index contributed by atoms with van der Waals surface area (Å²) in [6, 6.07) is 31.1. The monoisotopic (exact) mass is 690 g/mol. The molecular weight excluding hydrogens is 657 g/mol. The number of para-hydroxylation sites is 1. The lowest BCUT2D eigenvalue weighted by Gasteiger charge is -2.57. The lowest BCUT2D eigenvalue weighted by Crippen LogP contribution is -2.74. The Morgan fingerprint density at radius 3 is 2.16 bits per heavy atom. The van der Waals surface area contributed by atoms with Crippen molar-refractivity contribution in [3.05, 3.63) is 154 Å². The first-order chi connectivity index (χ1) is 24.0. The van der Waals surface area contributed by atoms with E-state index in [-0.39, 0.29) is 35.6 Å². The topological polar surface area (TPSA) is 136 Å². The van der Waals surface area contributed by atoms with Gasteiger partial charge in [-0.2, -0.15) is 0 Å². The molecule has 0 saturated carbocycles. The van der Waals surface area contributed by atoms with Crippen molar-refractivity contribution in [3.8, 4) is 5.75 Å². The number of non-ortho nitro benzene ring substituents is 1. The van der Waals surface area contributed by atoms with Gasteiger partial charge in [0, 0.05) is 33.9 Å². The van der Waals surface area contributed by atoms with Crippen LogP contribution in [0.15, 0.2) is 127 Å². The van der Waals surface area contributed by atoms with Crippen molar-refractivity contribution in [2.75, 3.05) is 0 Å². The molecule has 1 N–H and O–H groups in total. The number of amides is 1. The van der Waals surface area contributed by atoms with Crippen LogP contribution in [0.5, 0.6) is 5.75 Å². The van der Waals surface area contributed by atoms with E-state index in [1.54, 1.807) is 65.6 Å². The van der Waals surface area contributed by atoms with Crippen molar-refractivity contribution < 1.29 is 33.9 Å². The fraction of sp³-hybridized carbons (Fsp3) is 0.256. The highest BCUT2D eigenvalue weighted by Crippen LogP contribution is 2.68.